The number of hydrogen-bond donors (Lipinski definition) is 2. The first kappa shape index (κ1) is 14.1. The van der Waals surface area contributed by atoms with Gasteiger partial charge in [0.2, 0.25) is 5.95 Å². The number of aromatic nitrogens is 2. The van der Waals surface area contributed by atoms with E-state index in [2.05, 4.69) is 9.97 Å². The van der Waals surface area contributed by atoms with Gasteiger partial charge in [-0.25, -0.2) is 4.98 Å². The van der Waals surface area contributed by atoms with E-state index in [4.69, 9.17) is 16.2 Å². The van der Waals surface area contributed by atoms with Gasteiger partial charge in [-0.2, -0.15) is 4.98 Å². The fourth-order valence-corrected chi connectivity index (χ4v) is 2.65. The monoisotopic (exact) mass is 299 g/mol. The molecule has 0 spiro atoms. The van der Waals surface area contributed by atoms with Crippen LogP contribution in [0.15, 0.2) is 24.3 Å². The predicted octanol–water partition coefficient (Wildman–Crippen LogP) is 1.37. The first-order valence-electron chi connectivity index (χ1n) is 6.88. The maximum absolute atomic E-state index is 12.7. The van der Waals surface area contributed by atoms with Crippen molar-refractivity contribution in [3.8, 4) is 5.75 Å². The van der Waals surface area contributed by atoms with E-state index >= 15 is 0 Å². The summed E-state index contributed by atoms with van der Waals surface area (Å²) < 4.78 is 5.10. The number of amides is 1. The number of nitrogen functional groups attached to an aromatic ring is 2. The van der Waals surface area contributed by atoms with Crippen LogP contribution in [-0.2, 0) is 6.54 Å². The lowest BCUT2D eigenvalue weighted by atomic mass is 10.1. The van der Waals surface area contributed by atoms with Crippen LogP contribution in [-0.4, -0.2) is 27.9 Å². The highest BCUT2D eigenvalue weighted by atomic mass is 16.5. The molecule has 0 fully saturated rings. The minimum absolute atomic E-state index is 0.0916. The maximum atomic E-state index is 12.7. The van der Waals surface area contributed by atoms with Crippen molar-refractivity contribution in [1.82, 2.24) is 14.9 Å². The summed E-state index contributed by atoms with van der Waals surface area (Å²) in [5, 5.41) is 0. The summed E-state index contributed by atoms with van der Waals surface area (Å²) in [4.78, 5) is 22.6. The largest absolute Gasteiger partial charge is 0.497 e. The highest BCUT2D eigenvalue weighted by molar-refractivity contribution is 5.95. The first-order valence-corrected chi connectivity index (χ1v) is 6.88. The predicted molar refractivity (Wildman–Crippen MR) is 82.1 cm³/mol. The number of methoxy groups -OCH3 is 1. The van der Waals surface area contributed by atoms with Gasteiger partial charge in [-0.3, -0.25) is 4.79 Å². The van der Waals surface area contributed by atoms with Crippen LogP contribution in [0.3, 0.4) is 0 Å². The molecule has 1 aliphatic rings. The van der Waals surface area contributed by atoms with E-state index in [0.29, 0.717) is 29.4 Å². The van der Waals surface area contributed by atoms with Crippen molar-refractivity contribution in [3.63, 3.8) is 0 Å². The number of anilines is 2. The SMILES string of the molecule is COc1ccc(C(=O)N2Cc3c(N)nc(N)nc3C2C)cc1. The van der Waals surface area contributed by atoms with Crippen LogP contribution in [0.1, 0.15) is 34.6 Å². The molecule has 0 saturated carbocycles. The Balaban J connectivity index is 1.90. The second kappa shape index (κ2) is 5.18. The molecule has 7 heteroatoms. The third-order valence-corrected chi connectivity index (χ3v) is 3.88. The fraction of sp³-hybridized carbons (Fsp3) is 0.267. The number of benzene rings is 1. The Morgan fingerprint density at radius 3 is 2.59 bits per heavy atom. The van der Waals surface area contributed by atoms with E-state index in [0.717, 1.165) is 5.56 Å². The number of nitrogens with zero attached hydrogens (tertiary/aromatic N) is 3. The third-order valence-electron chi connectivity index (χ3n) is 3.88. The highest BCUT2D eigenvalue weighted by Crippen LogP contribution is 2.35. The highest BCUT2D eigenvalue weighted by Gasteiger charge is 2.34. The molecular weight excluding hydrogens is 282 g/mol. The smallest absolute Gasteiger partial charge is 0.254 e. The van der Waals surface area contributed by atoms with Gasteiger partial charge in [0.1, 0.15) is 11.6 Å². The molecule has 3 rings (SSSR count). The molecule has 22 heavy (non-hydrogen) atoms. The van der Waals surface area contributed by atoms with Gasteiger partial charge in [0.25, 0.3) is 5.91 Å². The van der Waals surface area contributed by atoms with Gasteiger partial charge >= 0.3 is 0 Å². The molecule has 7 nitrogen and oxygen atoms in total. The zero-order valence-corrected chi connectivity index (χ0v) is 12.4. The van der Waals surface area contributed by atoms with Crippen LogP contribution < -0.4 is 16.2 Å². The molecule has 4 N–H and O–H groups in total. The van der Waals surface area contributed by atoms with E-state index in [9.17, 15) is 4.79 Å². The second-order valence-corrected chi connectivity index (χ2v) is 5.17. The van der Waals surface area contributed by atoms with Gasteiger partial charge in [-0.05, 0) is 31.2 Å². The number of fused-ring (bicyclic) bond motifs is 1. The van der Waals surface area contributed by atoms with Crippen molar-refractivity contribution < 1.29 is 9.53 Å². The number of carbonyl (C=O) groups excluding carboxylic acids is 1. The molecule has 1 atom stereocenters. The van der Waals surface area contributed by atoms with Crippen LogP contribution in [0, 0.1) is 0 Å². The maximum Gasteiger partial charge on any atom is 0.254 e. The molecule has 1 amide bonds. The van der Waals surface area contributed by atoms with Gasteiger partial charge in [-0.1, -0.05) is 0 Å². The summed E-state index contributed by atoms with van der Waals surface area (Å²) in [5.74, 6) is 1.07. The molecule has 0 radical (unpaired) electrons. The Morgan fingerprint density at radius 2 is 1.95 bits per heavy atom. The normalized spacial score (nSPS) is 16.5. The topological polar surface area (TPSA) is 107 Å². The summed E-state index contributed by atoms with van der Waals surface area (Å²) in [6.07, 6.45) is 0. The van der Waals surface area contributed by atoms with Gasteiger partial charge in [0.15, 0.2) is 0 Å². The molecule has 0 aliphatic carbocycles. The summed E-state index contributed by atoms with van der Waals surface area (Å²) >= 11 is 0. The minimum Gasteiger partial charge on any atom is -0.497 e. The first-order chi connectivity index (χ1) is 10.5. The van der Waals surface area contributed by atoms with Crippen LogP contribution in [0.2, 0.25) is 0 Å². The summed E-state index contributed by atoms with van der Waals surface area (Å²) in [5.41, 5.74) is 13.6. The van der Waals surface area contributed by atoms with Crippen LogP contribution in [0.25, 0.3) is 0 Å². The zero-order valence-electron chi connectivity index (χ0n) is 12.4. The van der Waals surface area contributed by atoms with Crippen LogP contribution >= 0.6 is 0 Å². The van der Waals surface area contributed by atoms with E-state index in [1.807, 2.05) is 6.92 Å². The van der Waals surface area contributed by atoms with Crippen molar-refractivity contribution in [2.24, 2.45) is 0 Å². The van der Waals surface area contributed by atoms with Crippen LogP contribution in [0.5, 0.6) is 5.75 Å². The molecule has 1 aromatic carbocycles. The number of carbonyl (C=O) groups is 1. The quantitative estimate of drug-likeness (QED) is 0.867. The molecule has 2 aromatic rings. The lowest BCUT2D eigenvalue weighted by molar-refractivity contribution is 0.0703. The number of hydrogen-bond acceptors (Lipinski definition) is 6. The molecular formula is C15H17N5O2. The summed E-state index contributed by atoms with van der Waals surface area (Å²) in [6.45, 7) is 2.28. The number of ether oxygens (including phenoxy) is 1. The van der Waals surface area contributed by atoms with E-state index in [-0.39, 0.29) is 17.9 Å². The van der Waals surface area contributed by atoms with Gasteiger partial charge < -0.3 is 21.1 Å². The molecule has 114 valence electrons. The minimum atomic E-state index is -0.197. The summed E-state index contributed by atoms with van der Waals surface area (Å²) in [6, 6.07) is 6.79. The van der Waals surface area contributed by atoms with Crippen molar-refractivity contribution >= 4 is 17.7 Å². The average molecular weight is 299 g/mol. The summed E-state index contributed by atoms with van der Waals surface area (Å²) in [7, 11) is 1.59. The molecule has 1 aliphatic heterocycles. The van der Waals surface area contributed by atoms with E-state index in [1.54, 1.807) is 36.3 Å². The lowest BCUT2D eigenvalue weighted by Crippen LogP contribution is -2.28. The Morgan fingerprint density at radius 1 is 1.27 bits per heavy atom. The standard InChI is InChI=1S/C15H17N5O2/c1-8-12-11(13(16)19-15(17)18-12)7-20(8)14(21)9-3-5-10(22-2)6-4-9/h3-6,8H,7H2,1-2H3,(H4,16,17,18,19). The molecule has 0 bridgehead atoms. The average Bonchev–Trinajstić information content (AvgIpc) is 2.84. The van der Waals surface area contributed by atoms with E-state index in [1.165, 1.54) is 0 Å². The second-order valence-electron chi connectivity index (χ2n) is 5.17. The zero-order chi connectivity index (χ0) is 15.9. The molecule has 0 saturated heterocycles. The Bertz CT molecular complexity index is 729. The van der Waals surface area contributed by atoms with Crippen molar-refractivity contribution in [2.75, 3.05) is 18.6 Å². The number of nitrogens with two attached hydrogens (primary N) is 2. The Hall–Kier alpha value is -2.83. The van der Waals surface area contributed by atoms with Gasteiger partial charge in [0, 0.05) is 11.1 Å². The number of rotatable bonds is 2. The fourth-order valence-electron chi connectivity index (χ4n) is 2.65. The molecule has 2 heterocycles. The Labute approximate surface area is 127 Å². The van der Waals surface area contributed by atoms with E-state index < -0.39 is 0 Å². The third kappa shape index (κ3) is 2.20. The van der Waals surface area contributed by atoms with Crippen molar-refractivity contribution in [2.45, 2.75) is 19.5 Å². The molecule has 1 aromatic heterocycles. The lowest BCUT2D eigenvalue weighted by Gasteiger charge is -2.21. The van der Waals surface area contributed by atoms with Crippen molar-refractivity contribution in [3.05, 3.63) is 41.1 Å². The van der Waals surface area contributed by atoms with Crippen LogP contribution in [0.4, 0.5) is 11.8 Å². The van der Waals surface area contributed by atoms with Crippen molar-refractivity contribution in [1.29, 1.82) is 0 Å². The van der Waals surface area contributed by atoms with Gasteiger partial charge in [-0.15, -0.1) is 0 Å². The van der Waals surface area contributed by atoms with Gasteiger partial charge in [0.05, 0.1) is 25.4 Å². The molecule has 1 unspecified atom stereocenters. The Kier molecular flexibility index (Phi) is 3.32.